The van der Waals surface area contributed by atoms with E-state index in [0.717, 1.165) is 0 Å². The van der Waals surface area contributed by atoms with Crippen LogP contribution < -0.4 is 0 Å². The Morgan fingerprint density at radius 3 is 2.50 bits per heavy atom. The lowest BCUT2D eigenvalue weighted by atomic mass is 10.0. The third-order valence-electron chi connectivity index (χ3n) is 2.59. The average molecular weight is 159 g/mol. The molecule has 1 heterocycles. The summed E-state index contributed by atoms with van der Waals surface area (Å²) >= 11 is 2.09. The molecular weight excluding hydrogens is 142 g/mol. The van der Waals surface area contributed by atoms with Crippen LogP contribution in [0.3, 0.4) is 0 Å². The van der Waals surface area contributed by atoms with Gasteiger partial charge in [-0.15, -0.1) is 0 Å². The van der Waals surface area contributed by atoms with E-state index in [-0.39, 0.29) is 0 Å². The van der Waals surface area contributed by atoms with Crippen molar-refractivity contribution in [1.29, 1.82) is 0 Å². The summed E-state index contributed by atoms with van der Waals surface area (Å²) in [6.45, 7) is 8.22. The van der Waals surface area contributed by atoms with Crippen LogP contribution in [-0.4, -0.2) is 35.0 Å². The fourth-order valence-electron chi connectivity index (χ4n) is 1.30. The van der Waals surface area contributed by atoms with Gasteiger partial charge in [-0.2, -0.15) is 11.8 Å². The first-order valence-corrected chi connectivity index (χ1v) is 4.87. The van der Waals surface area contributed by atoms with Crippen molar-refractivity contribution in [3.8, 4) is 0 Å². The van der Waals surface area contributed by atoms with Crippen molar-refractivity contribution in [2.75, 3.05) is 19.3 Å². The largest absolute Gasteiger partial charge is 0.302 e. The van der Waals surface area contributed by atoms with Crippen LogP contribution in [0.15, 0.2) is 0 Å². The molecule has 2 heteroatoms. The van der Waals surface area contributed by atoms with E-state index in [2.05, 4.69) is 44.5 Å². The average Bonchev–Trinajstić information content (AvgIpc) is 1.83. The van der Waals surface area contributed by atoms with Gasteiger partial charge in [0, 0.05) is 23.1 Å². The smallest absolute Gasteiger partial charge is 0.0256 e. The third kappa shape index (κ3) is 1.48. The van der Waals surface area contributed by atoms with Crippen molar-refractivity contribution < 1.29 is 0 Å². The van der Waals surface area contributed by atoms with Gasteiger partial charge in [-0.25, -0.2) is 0 Å². The van der Waals surface area contributed by atoms with Crippen LogP contribution in [0.2, 0.25) is 0 Å². The van der Waals surface area contributed by atoms with Crippen molar-refractivity contribution in [2.24, 2.45) is 0 Å². The summed E-state index contributed by atoms with van der Waals surface area (Å²) in [5.41, 5.74) is 0. The summed E-state index contributed by atoms with van der Waals surface area (Å²) in [6, 6.07) is 0.714. The van der Waals surface area contributed by atoms with Crippen molar-refractivity contribution in [1.82, 2.24) is 4.90 Å². The minimum atomic E-state index is 0.451. The molecule has 0 aliphatic carbocycles. The molecule has 0 aromatic rings. The molecule has 1 nitrogen and oxygen atoms in total. The molecule has 1 rings (SSSR count). The van der Waals surface area contributed by atoms with Gasteiger partial charge in [-0.1, -0.05) is 0 Å². The van der Waals surface area contributed by atoms with Crippen LogP contribution in [0.5, 0.6) is 0 Å². The monoisotopic (exact) mass is 159 g/mol. The van der Waals surface area contributed by atoms with Crippen LogP contribution in [0.4, 0.5) is 0 Å². The SMILES string of the molecule is CC1N(C)CCSC1(C)C. The highest BCUT2D eigenvalue weighted by atomic mass is 32.2. The summed E-state index contributed by atoms with van der Waals surface area (Å²) in [7, 11) is 2.21. The van der Waals surface area contributed by atoms with Crippen molar-refractivity contribution in [3.63, 3.8) is 0 Å². The minimum absolute atomic E-state index is 0.451. The number of thioether (sulfide) groups is 1. The zero-order chi connectivity index (χ0) is 7.78. The van der Waals surface area contributed by atoms with Gasteiger partial charge in [0.15, 0.2) is 0 Å². The van der Waals surface area contributed by atoms with Crippen LogP contribution in [0.25, 0.3) is 0 Å². The maximum atomic E-state index is 2.44. The second-order valence-corrected chi connectivity index (χ2v) is 5.36. The Balaban J connectivity index is 2.60. The molecule has 1 saturated heterocycles. The predicted molar refractivity (Wildman–Crippen MR) is 48.6 cm³/mol. The molecule has 1 aliphatic heterocycles. The number of hydrogen-bond donors (Lipinski definition) is 0. The molecule has 0 amide bonds. The molecule has 10 heavy (non-hydrogen) atoms. The normalized spacial score (nSPS) is 34.2. The maximum Gasteiger partial charge on any atom is 0.0256 e. The Morgan fingerprint density at radius 1 is 1.50 bits per heavy atom. The van der Waals surface area contributed by atoms with E-state index in [1.807, 2.05) is 0 Å². The minimum Gasteiger partial charge on any atom is -0.302 e. The summed E-state index contributed by atoms with van der Waals surface area (Å²) in [5, 5.41) is 0. The van der Waals surface area contributed by atoms with E-state index >= 15 is 0 Å². The summed E-state index contributed by atoms with van der Waals surface area (Å²) in [5.74, 6) is 1.29. The lowest BCUT2D eigenvalue weighted by molar-refractivity contribution is 0.226. The Morgan fingerprint density at radius 2 is 2.10 bits per heavy atom. The van der Waals surface area contributed by atoms with Crippen molar-refractivity contribution >= 4 is 11.8 Å². The molecule has 0 aromatic heterocycles. The van der Waals surface area contributed by atoms with E-state index in [1.54, 1.807) is 0 Å². The van der Waals surface area contributed by atoms with Gasteiger partial charge in [-0.05, 0) is 27.8 Å². The van der Waals surface area contributed by atoms with E-state index in [0.29, 0.717) is 10.8 Å². The first kappa shape index (κ1) is 8.41. The Bertz CT molecular complexity index is 122. The number of hydrogen-bond acceptors (Lipinski definition) is 2. The molecule has 1 unspecified atom stereocenters. The Labute approximate surface area is 68.2 Å². The van der Waals surface area contributed by atoms with Crippen molar-refractivity contribution in [3.05, 3.63) is 0 Å². The van der Waals surface area contributed by atoms with Gasteiger partial charge < -0.3 is 4.90 Å². The molecule has 0 N–H and O–H groups in total. The topological polar surface area (TPSA) is 3.24 Å². The number of rotatable bonds is 0. The van der Waals surface area contributed by atoms with Crippen LogP contribution >= 0.6 is 11.8 Å². The van der Waals surface area contributed by atoms with E-state index in [9.17, 15) is 0 Å². The van der Waals surface area contributed by atoms with Gasteiger partial charge in [0.05, 0.1) is 0 Å². The van der Waals surface area contributed by atoms with Crippen molar-refractivity contribution in [2.45, 2.75) is 31.6 Å². The van der Waals surface area contributed by atoms with Crippen LogP contribution in [0, 0.1) is 0 Å². The molecule has 1 atom stereocenters. The summed E-state index contributed by atoms with van der Waals surface area (Å²) < 4.78 is 0.451. The fourth-order valence-corrected chi connectivity index (χ4v) is 2.62. The lowest BCUT2D eigenvalue weighted by Gasteiger charge is -2.42. The van der Waals surface area contributed by atoms with E-state index < -0.39 is 0 Å². The highest BCUT2D eigenvalue weighted by Crippen LogP contribution is 2.33. The standard InChI is InChI=1S/C8H17NS/c1-7-8(2,3)10-6-5-9(7)4/h7H,5-6H2,1-4H3. The van der Waals surface area contributed by atoms with Gasteiger partial charge >= 0.3 is 0 Å². The van der Waals surface area contributed by atoms with Gasteiger partial charge in [0.2, 0.25) is 0 Å². The molecule has 0 spiro atoms. The van der Waals surface area contributed by atoms with Gasteiger partial charge in [0.25, 0.3) is 0 Å². The highest BCUT2D eigenvalue weighted by Gasteiger charge is 2.32. The molecule has 0 bridgehead atoms. The molecular formula is C8H17NS. The zero-order valence-electron chi connectivity index (χ0n) is 7.35. The third-order valence-corrected chi connectivity index (χ3v) is 4.06. The maximum absolute atomic E-state index is 2.44. The number of nitrogens with zero attached hydrogens (tertiary/aromatic N) is 1. The predicted octanol–water partition coefficient (Wildman–Crippen LogP) is 1.83. The molecule has 60 valence electrons. The van der Waals surface area contributed by atoms with Crippen LogP contribution in [0.1, 0.15) is 20.8 Å². The Kier molecular flexibility index (Phi) is 2.31. The lowest BCUT2D eigenvalue weighted by Crippen LogP contribution is -2.48. The molecule has 0 saturated carbocycles. The highest BCUT2D eigenvalue weighted by molar-refractivity contribution is 8.00. The summed E-state index contributed by atoms with van der Waals surface area (Å²) in [6.07, 6.45) is 0. The van der Waals surface area contributed by atoms with Crippen LogP contribution in [-0.2, 0) is 0 Å². The second kappa shape index (κ2) is 2.74. The molecule has 1 aliphatic rings. The van der Waals surface area contributed by atoms with E-state index in [1.165, 1.54) is 12.3 Å². The summed E-state index contributed by atoms with van der Waals surface area (Å²) in [4.78, 5) is 2.44. The fraction of sp³-hybridized carbons (Fsp3) is 1.00. The Hall–Kier alpha value is 0.310. The quantitative estimate of drug-likeness (QED) is 0.530. The molecule has 0 radical (unpaired) electrons. The van der Waals surface area contributed by atoms with Gasteiger partial charge in [-0.3, -0.25) is 0 Å². The second-order valence-electron chi connectivity index (χ2n) is 3.61. The van der Waals surface area contributed by atoms with E-state index in [4.69, 9.17) is 0 Å². The first-order valence-electron chi connectivity index (χ1n) is 3.88. The zero-order valence-corrected chi connectivity index (χ0v) is 8.16. The first-order chi connectivity index (χ1) is 4.54. The molecule has 1 fully saturated rings. The molecule has 0 aromatic carbocycles. The van der Waals surface area contributed by atoms with Gasteiger partial charge in [0.1, 0.15) is 0 Å².